The van der Waals surface area contributed by atoms with E-state index in [-0.39, 0.29) is 11.3 Å². The molecule has 1 atom stereocenters. The lowest BCUT2D eigenvalue weighted by atomic mass is 9.77. The third-order valence-corrected chi connectivity index (χ3v) is 5.17. The van der Waals surface area contributed by atoms with Gasteiger partial charge in [0.05, 0.1) is 6.20 Å². The monoisotopic (exact) mass is 311 g/mol. The smallest absolute Gasteiger partial charge is 0.272 e. The van der Waals surface area contributed by atoms with Crippen LogP contribution in [0, 0.1) is 13.8 Å². The minimum absolute atomic E-state index is 0.0191. The fourth-order valence-electron chi connectivity index (χ4n) is 4.16. The highest BCUT2D eigenvalue weighted by Crippen LogP contribution is 2.43. The number of carbonyl (C=O) groups is 1. The van der Waals surface area contributed by atoms with E-state index in [1.165, 1.54) is 11.3 Å². The van der Waals surface area contributed by atoms with Crippen LogP contribution in [0.4, 0.5) is 0 Å². The van der Waals surface area contributed by atoms with Gasteiger partial charge in [0.15, 0.2) is 0 Å². The van der Waals surface area contributed by atoms with Crippen LogP contribution < -0.4 is 0 Å². The fourth-order valence-corrected chi connectivity index (χ4v) is 4.16. The largest absolute Gasteiger partial charge is 0.336 e. The first-order valence-electron chi connectivity index (χ1n) is 8.22. The highest BCUT2D eigenvalue weighted by molar-refractivity contribution is 5.92. The summed E-state index contributed by atoms with van der Waals surface area (Å²) in [5.41, 5.74) is 3.95. The number of hydrogen-bond acceptors (Lipinski definition) is 4. The second kappa shape index (κ2) is 5.15. The standard InChI is InChI=1S/C17H21N5O/c1-11-8-14(20-12(2)19-11)16(23)22-7-3-5-17(10-22)6-4-13-9-18-21-15(13)17/h8-9H,3-7,10H2,1-2H3,(H,18,21). The number of carbonyl (C=O) groups excluding carboxylic acids is 1. The van der Waals surface area contributed by atoms with E-state index in [0.717, 1.165) is 44.5 Å². The number of hydrogen-bond donors (Lipinski definition) is 1. The predicted molar refractivity (Wildman–Crippen MR) is 85.2 cm³/mol. The molecule has 1 saturated heterocycles. The summed E-state index contributed by atoms with van der Waals surface area (Å²) < 4.78 is 0. The van der Waals surface area contributed by atoms with Gasteiger partial charge in [-0.15, -0.1) is 0 Å². The molecule has 1 spiro atoms. The van der Waals surface area contributed by atoms with Crippen LogP contribution in [-0.2, 0) is 11.8 Å². The van der Waals surface area contributed by atoms with Gasteiger partial charge in [-0.2, -0.15) is 5.10 Å². The van der Waals surface area contributed by atoms with Crippen LogP contribution in [0.2, 0.25) is 0 Å². The Balaban J connectivity index is 1.62. The summed E-state index contributed by atoms with van der Waals surface area (Å²) in [5, 5.41) is 7.38. The number of fused-ring (bicyclic) bond motifs is 2. The zero-order valence-corrected chi connectivity index (χ0v) is 13.6. The van der Waals surface area contributed by atoms with Crippen molar-refractivity contribution in [2.75, 3.05) is 13.1 Å². The number of aromatic amines is 1. The first-order valence-corrected chi connectivity index (χ1v) is 8.22. The number of piperidine rings is 1. The molecule has 2 aromatic rings. The quantitative estimate of drug-likeness (QED) is 0.873. The maximum absolute atomic E-state index is 12.9. The van der Waals surface area contributed by atoms with Gasteiger partial charge in [0.25, 0.3) is 5.91 Å². The first-order chi connectivity index (χ1) is 11.1. The summed E-state index contributed by atoms with van der Waals surface area (Å²) in [6, 6.07) is 1.78. The van der Waals surface area contributed by atoms with E-state index in [0.29, 0.717) is 11.5 Å². The minimum atomic E-state index is 0.0191. The summed E-state index contributed by atoms with van der Waals surface area (Å²) in [7, 11) is 0. The summed E-state index contributed by atoms with van der Waals surface area (Å²) in [5.74, 6) is 0.669. The minimum Gasteiger partial charge on any atom is -0.336 e. The maximum atomic E-state index is 12.9. The van der Waals surface area contributed by atoms with Crippen molar-refractivity contribution in [2.45, 2.75) is 44.9 Å². The number of aryl methyl sites for hydroxylation is 3. The van der Waals surface area contributed by atoms with Crippen LogP contribution in [0.3, 0.4) is 0 Å². The fraction of sp³-hybridized carbons (Fsp3) is 0.529. The molecular weight excluding hydrogens is 290 g/mol. The van der Waals surface area contributed by atoms with Crippen molar-refractivity contribution in [3.8, 4) is 0 Å². The average molecular weight is 311 g/mol. The summed E-state index contributed by atoms with van der Waals surface area (Å²) in [6.45, 7) is 5.28. The molecule has 23 heavy (non-hydrogen) atoms. The van der Waals surface area contributed by atoms with Crippen molar-refractivity contribution < 1.29 is 4.79 Å². The Hall–Kier alpha value is -2.24. The van der Waals surface area contributed by atoms with Gasteiger partial charge in [-0.25, -0.2) is 9.97 Å². The number of H-pyrrole nitrogens is 1. The number of likely N-dealkylation sites (tertiary alicyclic amines) is 1. The lowest BCUT2D eigenvalue weighted by Gasteiger charge is -2.40. The Kier molecular flexibility index (Phi) is 3.21. The van der Waals surface area contributed by atoms with Gasteiger partial charge in [-0.05, 0) is 51.2 Å². The van der Waals surface area contributed by atoms with Gasteiger partial charge >= 0.3 is 0 Å². The van der Waals surface area contributed by atoms with Crippen molar-refractivity contribution in [1.82, 2.24) is 25.1 Å². The summed E-state index contributed by atoms with van der Waals surface area (Å²) >= 11 is 0. The van der Waals surface area contributed by atoms with Gasteiger partial charge in [0.1, 0.15) is 11.5 Å². The van der Waals surface area contributed by atoms with E-state index in [2.05, 4.69) is 20.2 Å². The normalized spacial score (nSPS) is 23.3. The van der Waals surface area contributed by atoms with Crippen LogP contribution >= 0.6 is 0 Å². The molecule has 120 valence electrons. The van der Waals surface area contributed by atoms with Crippen LogP contribution in [0.1, 0.15) is 52.5 Å². The topological polar surface area (TPSA) is 74.8 Å². The second-order valence-corrected chi connectivity index (χ2v) is 6.82. The van der Waals surface area contributed by atoms with E-state index >= 15 is 0 Å². The van der Waals surface area contributed by atoms with Gasteiger partial charge in [-0.3, -0.25) is 9.89 Å². The molecule has 1 amide bonds. The van der Waals surface area contributed by atoms with Crippen molar-refractivity contribution in [2.24, 2.45) is 0 Å². The molecular formula is C17H21N5O. The SMILES string of the molecule is Cc1cc(C(=O)N2CCCC3(CCc4cn[nH]c43)C2)nc(C)n1. The molecule has 0 radical (unpaired) electrons. The zero-order valence-electron chi connectivity index (χ0n) is 13.6. The Morgan fingerprint density at radius 2 is 2.17 bits per heavy atom. The van der Waals surface area contributed by atoms with Gasteiger partial charge in [0.2, 0.25) is 0 Å². The predicted octanol–water partition coefficient (Wildman–Crippen LogP) is 1.94. The maximum Gasteiger partial charge on any atom is 0.272 e. The lowest BCUT2D eigenvalue weighted by molar-refractivity contribution is 0.0626. The van der Waals surface area contributed by atoms with Crippen molar-refractivity contribution in [3.05, 3.63) is 40.7 Å². The Morgan fingerprint density at radius 3 is 3.00 bits per heavy atom. The Morgan fingerprint density at radius 1 is 1.30 bits per heavy atom. The molecule has 6 heteroatoms. The second-order valence-electron chi connectivity index (χ2n) is 6.82. The molecule has 1 unspecified atom stereocenters. The van der Waals surface area contributed by atoms with Crippen LogP contribution in [-0.4, -0.2) is 44.1 Å². The van der Waals surface area contributed by atoms with E-state index < -0.39 is 0 Å². The van der Waals surface area contributed by atoms with E-state index in [4.69, 9.17) is 0 Å². The van der Waals surface area contributed by atoms with E-state index in [1.54, 1.807) is 6.07 Å². The van der Waals surface area contributed by atoms with Crippen LogP contribution in [0.5, 0.6) is 0 Å². The molecule has 2 aliphatic rings. The number of nitrogens with one attached hydrogen (secondary N) is 1. The number of aromatic nitrogens is 4. The van der Waals surface area contributed by atoms with Gasteiger partial charge < -0.3 is 4.90 Å². The molecule has 0 aromatic carbocycles. The third-order valence-electron chi connectivity index (χ3n) is 5.17. The van der Waals surface area contributed by atoms with E-state index in [1.807, 2.05) is 24.9 Å². The van der Waals surface area contributed by atoms with Gasteiger partial charge in [-0.1, -0.05) is 0 Å². The number of nitrogens with zero attached hydrogens (tertiary/aromatic N) is 4. The first kappa shape index (κ1) is 14.4. The number of rotatable bonds is 1. The van der Waals surface area contributed by atoms with Crippen LogP contribution in [0.25, 0.3) is 0 Å². The highest BCUT2D eigenvalue weighted by atomic mass is 16.2. The molecule has 0 bridgehead atoms. The molecule has 6 nitrogen and oxygen atoms in total. The third kappa shape index (κ3) is 2.33. The molecule has 1 aliphatic carbocycles. The van der Waals surface area contributed by atoms with Crippen molar-refractivity contribution in [3.63, 3.8) is 0 Å². The Bertz CT molecular complexity index is 748. The molecule has 3 heterocycles. The van der Waals surface area contributed by atoms with Crippen molar-refractivity contribution >= 4 is 5.91 Å². The zero-order chi connectivity index (χ0) is 16.0. The average Bonchev–Trinajstić information content (AvgIpc) is 3.11. The van der Waals surface area contributed by atoms with E-state index in [9.17, 15) is 4.79 Å². The highest BCUT2D eigenvalue weighted by Gasteiger charge is 2.44. The number of amides is 1. The van der Waals surface area contributed by atoms with Crippen molar-refractivity contribution in [1.29, 1.82) is 0 Å². The molecule has 1 N–H and O–H groups in total. The summed E-state index contributed by atoms with van der Waals surface area (Å²) in [4.78, 5) is 23.5. The molecule has 1 fully saturated rings. The van der Waals surface area contributed by atoms with Gasteiger partial charge in [0, 0.05) is 29.9 Å². The Labute approximate surface area is 135 Å². The molecule has 1 aliphatic heterocycles. The molecule has 4 rings (SSSR count). The summed E-state index contributed by atoms with van der Waals surface area (Å²) in [6.07, 6.45) is 6.23. The van der Waals surface area contributed by atoms with Crippen LogP contribution in [0.15, 0.2) is 12.3 Å². The molecule has 0 saturated carbocycles. The molecule has 2 aromatic heterocycles. The lowest BCUT2D eigenvalue weighted by Crippen LogP contribution is -2.48.